The van der Waals surface area contributed by atoms with Gasteiger partial charge in [-0.3, -0.25) is 4.90 Å². The van der Waals surface area contributed by atoms with Crippen molar-refractivity contribution >= 4 is 0 Å². The molecule has 1 saturated heterocycles. The van der Waals surface area contributed by atoms with Gasteiger partial charge in [-0.25, -0.2) is 9.37 Å². The fourth-order valence-electron chi connectivity index (χ4n) is 4.51. The molecule has 0 radical (unpaired) electrons. The van der Waals surface area contributed by atoms with Crippen LogP contribution in [0.15, 0.2) is 42.6 Å². The SMILES string of the molecule is N#Cc1ccc(OC2CC(c3ccc(F)cc3)CC2N2CCC[C@H](N)C2)nc1. The third-order valence-electron chi connectivity index (χ3n) is 5.91. The molecule has 28 heavy (non-hydrogen) atoms. The molecular formula is C22H25FN4O. The molecule has 146 valence electrons. The van der Waals surface area contributed by atoms with Crippen molar-refractivity contribution in [3.05, 3.63) is 59.5 Å². The second-order valence-corrected chi connectivity index (χ2v) is 7.84. The Labute approximate surface area is 164 Å². The summed E-state index contributed by atoms with van der Waals surface area (Å²) in [5.41, 5.74) is 7.88. The average Bonchev–Trinajstić information content (AvgIpc) is 3.13. The van der Waals surface area contributed by atoms with Crippen molar-refractivity contribution in [3.8, 4) is 11.9 Å². The van der Waals surface area contributed by atoms with Gasteiger partial charge in [-0.05, 0) is 61.9 Å². The number of nitrogens with two attached hydrogens (primary N) is 1. The summed E-state index contributed by atoms with van der Waals surface area (Å²) < 4.78 is 19.6. The summed E-state index contributed by atoms with van der Waals surface area (Å²) >= 11 is 0. The van der Waals surface area contributed by atoms with E-state index < -0.39 is 0 Å². The molecule has 1 aliphatic heterocycles. The predicted octanol–water partition coefficient (Wildman–Crippen LogP) is 3.21. The number of aromatic nitrogens is 1. The van der Waals surface area contributed by atoms with Gasteiger partial charge in [0.05, 0.1) is 5.56 Å². The Hall–Kier alpha value is -2.49. The summed E-state index contributed by atoms with van der Waals surface area (Å²) in [6.07, 6.45) is 5.49. The molecule has 2 heterocycles. The number of rotatable bonds is 4. The fourth-order valence-corrected chi connectivity index (χ4v) is 4.51. The Balaban J connectivity index is 1.54. The molecule has 2 aliphatic rings. The molecule has 2 N–H and O–H groups in total. The first kappa shape index (κ1) is 18.9. The van der Waals surface area contributed by atoms with Crippen LogP contribution < -0.4 is 10.5 Å². The van der Waals surface area contributed by atoms with E-state index in [0.29, 0.717) is 17.4 Å². The Morgan fingerprint density at radius 3 is 2.68 bits per heavy atom. The van der Waals surface area contributed by atoms with Crippen LogP contribution in [0.1, 0.15) is 42.7 Å². The molecule has 1 aromatic carbocycles. The summed E-state index contributed by atoms with van der Waals surface area (Å²) in [6.45, 7) is 1.90. The van der Waals surface area contributed by atoms with E-state index in [9.17, 15) is 4.39 Å². The third kappa shape index (κ3) is 4.16. The van der Waals surface area contributed by atoms with E-state index in [2.05, 4.69) is 16.0 Å². The lowest BCUT2D eigenvalue weighted by Crippen LogP contribution is -2.51. The number of ether oxygens (including phenoxy) is 1. The van der Waals surface area contributed by atoms with Crippen LogP contribution in [0, 0.1) is 17.1 Å². The Morgan fingerprint density at radius 1 is 1.18 bits per heavy atom. The molecule has 4 rings (SSSR count). The van der Waals surface area contributed by atoms with Gasteiger partial charge in [0.25, 0.3) is 0 Å². The van der Waals surface area contributed by atoms with Gasteiger partial charge in [0.1, 0.15) is 18.0 Å². The van der Waals surface area contributed by atoms with E-state index >= 15 is 0 Å². The summed E-state index contributed by atoms with van der Waals surface area (Å²) in [7, 11) is 0. The highest BCUT2D eigenvalue weighted by molar-refractivity contribution is 5.29. The second-order valence-electron chi connectivity index (χ2n) is 7.84. The predicted molar refractivity (Wildman–Crippen MR) is 104 cm³/mol. The highest BCUT2D eigenvalue weighted by Gasteiger charge is 2.41. The van der Waals surface area contributed by atoms with Gasteiger partial charge in [-0.2, -0.15) is 5.26 Å². The molecule has 0 bridgehead atoms. The van der Waals surface area contributed by atoms with Crippen molar-refractivity contribution < 1.29 is 9.13 Å². The van der Waals surface area contributed by atoms with E-state index in [4.69, 9.17) is 15.7 Å². The third-order valence-corrected chi connectivity index (χ3v) is 5.91. The maximum atomic E-state index is 13.3. The van der Waals surface area contributed by atoms with E-state index in [0.717, 1.165) is 44.3 Å². The number of pyridine rings is 1. The number of hydrogen-bond acceptors (Lipinski definition) is 5. The molecule has 0 amide bonds. The topological polar surface area (TPSA) is 75.2 Å². The largest absolute Gasteiger partial charge is 0.473 e. The lowest BCUT2D eigenvalue weighted by molar-refractivity contribution is 0.0656. The van der Waals surface area contributed by atoms with Crippen LogP contribution in [0.3, 0.4) is 0 Å². The van der Waals surface area contributed by atoms with Crippen LogP contribution in [-0.4, -0.2) is 41.2 Å². The summed E-state index contributed by atoms with van der Waals surface area (Å²) in [5, 5.41) is 8.95. The van der Waals surface area contributed by atoms with E-state index in [-0.39, 0.29) is 24.0 Å². The first-order chi connectivity index (χ1) is 13.6. The van der Waals surface area contributed by atoms with Crippen molar-refractivity contribution in [1.82, 2.24) is 9.88 Å². The van der Waals surface area contributed by atoms with Crippen molar-refractivity contribution in [1.29, 1.82) is 5.26 Å². The Morgan fingerprint density at radius 2 is 2.00 bits per heavy atom. The number of hydrogen-bond donors (Lipinski definition) is 1. The molecule has 3 unspecified atom stereocenters. The minimum absolute atomic E-state index is 0.0132. The minimum Gasteiger partial charge on any atom is -0.473 e. The van der Waals surface area contributed by atoms with Gasteiger partial charge in [-0.1, -0.05) is 12.1 Å². The van der Waals surface area contributed by atoms with Crippen molar-refractivity contribution in [2.75, 3.05) is 13.1 Å². The molecule has 1 saturated carbocycles. The number of nitrogens with zero attached hydrogens (tertiary/aromatic N) is 3. The molecule has 5 nitrogen and oxygen atoms in total. The zero-order valence-corrected chi connectivity index (χ0v) is 15.8. The number of nitriles is 1. The lowest BCUT2D eigenvalue weighted by atomic mass is 9.97. The number of halogens is 1. The molecular weight excluding hydrogens is 355 g/mol. The lowest BCUT2D eigenvalue weighted by Gasteiger charge is -2.37. The van der Waals surface area contributed by atoms with Crippen LogP contribution in [0.2, 0.25) is 0 Å². The van der Waals surface area contributed by atoms with E-state index in [1.807, 2.05) is 12.1 Å². The minimum atomic E-state index is -0.213. The quantitative estimate of drug-likeness (QED) is 0.882. The summed E-state index contributed by atoms with van der Waals surface area (Å²) in [4.78, 5) is 6.73. The standard InChI is InChI=1S/C22H25FN4O/c23-18-6-4-16(5-7-18)17-10-20(27-9-1-2-19(25)14-27)21(11-17)28-22-8-3-15(12-24)13-26-22/h3-8,13,17,19-21H,1-2,9-11,14,25H2/t17?,19-,20?,21?/m0/s1. The summed E-state index contributed by atoms with van der Waals surface area (Å²) in [5.74, 6) is 0.636. The van der Waals surface area contributed by atoms with Gasteiger partial charge < -0.3 is 10.5 Å². The highest BCUT2D eigenvalue weighted by Crippen LogP contribution is 2.39. The summed E-state index contributed by atoms with van der Waals surface area (Å²) in [6, 6.07) is 12.8. The zero-order chi connectivity index (χ0) is 19.5. The van der Waals surface area contributed by atoms with Gasteiger partial charge >= 0.3 is 0 Å². The molecule has 6 heteroatoms. The van der Waals surface area contributed by atoms with Crippen LogP contribution in [-0.2, 0) is 0 Å². The second kappa shape index (κ2) is 8.26. The van der Waals surface area contributed by atoms with Crippen LogP contribution >= 0.6 is 0 Å². The monoisotopic (exact) mass is 380 g/mol. The first-order valence-electron chi connectivity index (χ1n) is 9.90. The number of piperidine rings is 1. The molecule has 1 aliphatic carbocycles. The highest BCUT2D eigenvalue weighted by atomic mass is 19.1. The Bertz CT molecular complexity index is 833. The number of likely N-dealkylation sites (tertiary alicyclic amines) is 1. The van der Waals surface area contributed by atoms with Gasteiger partial charge in [0, 0.05) is 30.9 Å². The Kier molecular flexibility index (Phi) is 5.56. The maximum Gasteiger partial charge on any atom is 0.213 e. The smallest absolute Gasteiger partial charge is 0.213 e. The van der Waals surface area contributed by atoms with Crippen LogP contribution in [0.5, 0.6) is 5.88 Å². The van der Waals surface area contributed by atoms with Crippen LogP contribution in [0.25, 0.3) is 0 Å². The molecule has 1 aromatic heterocycles. The van der Waals surface area contributed by atoms with Gasteiger partial charge in [0.2, 0.25) is 5.88 Å². The van der Waals surface area contributed by atoms with Crippen LogP contribution in [0.4, 0.5) is 4.39 Å². The van der Waals surface area contributed by atoms with Gasteiger partial charge in [-0.15, -0.1) is 0 Å². The average molecular weight is 380 g/mol. The molecule has 2 aromatic rings. The zero-order valence-electron chi connectivity index (χ0n) is 15.8. The molecule has 0 spiro atoms. The number of benzene rings is 1. The van der Waals surface area contributed by atoms with Crippen molar-refractivity contribution in [2.24, 2.45) is 5.73 Å². The van der Waals surface area contributed by atoms with E-state index in [1.54, 1.807) is 12.1 Å². The van der Waals surface area contributed by atoms with E-state index in [1.165, 1.54) is 18.3 Å². The van der Waals surface area contributed by atoms with Crippen molar-refractivity contribution in [2.45, 2.75) is 49.8 Å². The maximum absolute atomic E-state index is 13.3. The molecule has 2 fully saturated rings. The van der Waals surface area contributed by atoms with Gasteiger partial charge in [0.15, 0.2) is 0 Å². The fraction of sp³-hybridized carbons (Fsp3) is 0.455. The normalized spacial score (nSPS) is 28.0. The van der Waals surface area contributed by atoms with Crippen molar-refractivity contribution in [3.63, 3.8) is 0 Å². The molecule has 4 atom stereocenters. The first-order valence-corrected chi connectivity index (χ1v) is 9.90.